The fraction of sp³-hybridized carbons (Fsp3) is 0.714. The van der Waals surface area contributed by atoms with Gasteiger partial charge in [-0.2, -0.15) is 5.10 Å². The largest absolute Gasteiger partial charge is 0.327 e. The number of hydrogen-bond acceptors (Lipinski definition) is 3. The van der Waals surface area contributed by atoms with Crippen LogP contribution in [0, 0.1) is 6.92 Å². The van der Waals surface area contributed by atoms with Crippen molar-refractivity contribution in [2.24, 2.45) is 5.73 Å². The highest BCUT2D eigenvalue weighted by Crippen LogP contribution is 2.10. The van der Waals surface area contributed by atoms with E-state index in [1.54, 1.807) is 0 Å². The number of nitrogens with zero attached hydrogens (tertiary/aromatic N) is 3. The van der Waals surface area contributed by atoms with Crippen LogP contribution in [-0.2, 0) is 13.0 Å². The molecule has 0 bridgehead atoms. The number of fused-ring (bicyclic) bond motifs is 1. The second kappa shape index (κ2) is 3.41. The van der Waals surface area contributed by atoms with Crippen molar-refractivity contribution in [3.8, 4) is 0 Å². The molecule has 2 rings (SSSR count). The van der Waals surface area contributed by atoms with Gasteiger partial charge in [-0.3, -0.25) is 0 Å². The smallest absolute Gasteiger partial charge is 0.147 e. The van der Waals surface area contributed by atoms with Gasteiger partial charge in [-0.15, -0.1) is 12.4 Å². The van der Waals surface area contributed by atoms with Crippen molar-refractivity contribution >= 4 is 12.4 Å². The van der Waals surface area contributed by atoms with Crippen LogP contribution in [0.15, 0.2) is 0 Å². The minimum atomic E-state index is 0. The van der Waals surface area contributed by atoms with Gasteiger partial charge >= 0.3 is 0 Å². The third-order valence-electron chi connectivity index (χ3n) is 2.01. The molecule has 2 N–H and O–H groups in total. The van der Waals surface area contributed by atoms with Crippen LogP contribution < -0.4 is 5.73 Å². The van der Waals surface area contributed by atoms with Crippen molar-refractivity contribution in [3.05, 3.63) is 11.6 Å². The van der Waals surface area contributed by atoms with Crippen LogP contribution >= 0.6 is 12.4 Å². The summed E-state index contributed by atoms with van der Waals surface area (Å²) in [5, 5.41) is 4.24. The van der Waals surface area contributed by atoms with Crippen LogP contribution in [-0.4, -0.2) is 20.8 Å². The molecule has 0 saturated carbocycles. The standard InChI is InChI=1S/C7H12N4.ClH/c1-5-9-7-4-6(8)2-3-11(7)10-5;/h6H,2-4,8H2,1H3;1H. The van der Waals surface area contributed by atoms with Gasteiger partial charge in [-0.05, 0) is 13.3 Å². The van der Waals surface area contributed by atoms with Gasteiger partial charge in [0.1, 0.15) is 11.6 Å². The van der Waals surface area contributed by atoms with E-state index < -0.39 is 0 Å². The van der Waals surface area contributed by atoms with Crippen LogP contribution in [0.3, 0.4) is 0 Å². The quantitative estimate of drug-likeness (QED) is 0.637. The number of hydrogen-bond donors (Lipinski definition) is 1. The topological polar surface area (TPSA) is 56.7 Å². The molecule has 0 aliphatic carbocycles. The first-order valence-electron chi connectivity index (χ1n) is 3.91. The second-order valence-electron chi connectivity index (χ2n) is 3.05. The van der Waals surface area contributed by atoms with Crippen molar-refractivity contribution in [1.82, 2.24) is 14.8 Å². The highest BCUT2D eigenvalue weighted by molar-refractivity contribution is 5.85. The molecular weight excluding hydrogens is 176 g/mol. The maximum absolute atomic E-state index is 5.78. The Morgan fingerprint density at radius 2 is 2.33 bits per heavy atom. The maximum atomic E-state index is 5.78. The summed E-state index contributed by atoms with van der Waals surface area (Å²) < 4.78 is 1.96. The molecule has 5 heteroatoms. The van der Waals surface area contributed by atoms with E-state index in [1.807, 2.05) is 11.6 Å². The molecule has 68 valence electrons. The summed E-state index contributed by atoms with van der Waals surface area (Å²) in [6.07, 6.45) is 1.90. The lowest BCUT2D eigenvalue weighted by Crippen LogP contribution is -2.31. The predicted molar refractivity (Wildman–Crippen MR) is 48.3 cm³/mol. The zero-order valence-corrected chi connectivity index (χ0v) is 7.84. The number of rotatable bonds is 0. The van der Waals surface area contributed by atoms with Gasteiger partial charge in [0, 0.05) is 19.0 Å². The number of aryl methyl sites for hydroxylation is 2. The Morgan fingerprint density at radius 3 is 3.08 bits per heavy atom. The second-order valence-corrected chi connectivity index (χ2v) is 3.05. The number of aromatic nitrogens is 3. The SMILES string of the molecule is Cc1nc2n(n1)CCC(N)C2.Cl. The molecule has 0 aromatic carbocycles. The van der Waals surface area contributed by atoms with E-state index in [4.69, 9.17) is 5.73 Å². The lowest BCUT2D eigenvalue weighted by Gasteiger charge is -2.17. The van der Waals surface area contributed by atoms with Crippen molar-refractivity contribution in [1.29, 1.82) is 0 Å². The molecule has 0 radical (unpaired) electrons. The van der Waals surface area contributed by atoms with Crippen LogP contribution in [0.4, 0.5) is 0 Å². The highest BCUT2D eigenvalue weighted by atomic mass is 35.5. The summed E-state index contributed by atoms with van der Waals surface area (Å²) in [6, 6.07) is 0.283. The van der Waals surface area contributed by atoms with Crippen LogP contribution in [0.5, 0.6) is 0 Å². The first-order valence-corrected chi connectivity index (χ1v) is 3.91. The molecule has 4 nitrogen and oxygen atoms in total. The summed E-state index contributed by atoms with van der Waals surface area (Å²) in [5.74, 6) is 1.90. The molecular formula is C7H13ClN4. The fourth-order valence-corrected chi connectivity index (χ4v) is 1.45. The predicted octanol–water partition coefficient (Wildman–Crippen LogP) is 0.282. The Balaban J connectivity index is 0.000000720. The van der Waals surface area contributed by atoms with Gasteiger partial charge in [0.2, 0.25) is 0 Å². The van der Waals surface area contributed by atoms with Gasteiger partial charge in [-0.1, -0.05) is 0 Å². The number of nitrogens with two attached hydrogens (primary N) is 1. The van der Waals surface area contributed by atoms with Gasteiger partial charge in [0.15, 0.2) is 0 Å². The Labute approximate surface area is 77.6 Å². The summed E-state index contributed by atoms with van der Waals surface area (Å²) in [5.41, 5.74) is 5.78. The van der Waals surface area contributed by atoms with Crippen molar-refractivity contribution in [2.75, 3.05) is 0 Å². The minimum absolute atomic E-state index is 0. The summed E-state index contributed by atoms with van der Waals surface area (Å²) in [7, 11) is 0. The molecule has 1 atom stereocenters. The van der Waals surface area contributed by atoms with Gasteiger partial charge in [0.25, 0.3) is 0 Å². The van der Waals surface area contributed by atoms with E-state index in [0.29, 0.717) is 0 Å². The van der Waals surface area contributed by atoms with Crippen molar-refractivity contribution in [3.63, 3.8) is 0 Å². The van der Waals surface area contributed by atoms with Gasteiger partial charge < -0.3 is 5.73 Å². The third-order valence-corrected chi connectivity index (χ3v) is 2.01. The van der Waals surface area contributed by atoms with Crippen LogP contribution in [0.2, 0.25) is 0 Å². The molecule has 1 aromatic rings. The molecule has 0 fully saturated rings. The first kappa shape index (κ1) is 9.48. The minimum Gasteiger partial charge on any atom is -0.327 e. The van der Waals surface area contributed by atoms with Crippen molar-refractivity contribution < 1.29 is 0 Å². The van der Waals surface area contributed by atoms with Crippen LogP contribution in [0.25, 0.3) is 0 Å². The zero-order valence-electron chi connectivity index (χ0n) is 7.03. The molecule has 0 saturated heterocycles. The summed E-state index contributed by atoms with van der Waals surface area (Å²) in [4.78, 5) is 4.27. The van der Waals surface area contributed by atoms with E-state index >= 15 is 0 Å². The molecule has 1 unspecified atom stereocenters. The molecule has 1 aromatic heterocycles. The fourth-order valence-electron chi connectivity index (χ4n) is 1.45. The summed E-state index contributed by atoms with van der Waals surface area (Å²) >= 11 is 0. The van der Waals surface area contributed by atoms with E-state index in [0.717, 1.165) is 31.0 Å². The molecule has 12 heavy (non-hydrogen) atoms. The molecule has 1 aliphatic rings. The lowest BCUT2D eigenvalue weighted by atomic mass is 10.1. The Kier molecular flexibility index (Phi) is 2.69. The van der Waals surface area contributed by atoms with Gasteiger partial charge in [0.05, 0.1) is 0 Å². The third kappa shape index (κ3) is 1.59. The maximum Gasteiger partial charge on any atom is 0.147 e. The molecule has 2 heterocycles. The van der Waals surface area contributed by atoms with Crippen LogP contribution in [0.1, 0.15) is 18.1 Å². The Morgan fingerprint density at radius 1 is 1.58 bits per heavy atom. The van der Waals surface area contributed by atoms with E-state index in [2.05, 4.69) is 10.1 Å². The molecule has 0 spiro atoms. The summed E-state index contributed by atoms with van der Waals surface area (Å²) in [6.45, 7) is 2.84. The average Bonchev–Trinajstić information content (AvgIpc) is 2.27. The lowest BCUT2D eigenvalue weighted by molar-refractivity contribution is 0.432. The first-order chi connectivity index (χ1) is 5.25. The van der Waals surface area contributed by atoms with Crippen molar-refractivity contribution in [2.45, 2.75) is 32.4 Å². The monoisotopic (exact) mass is 188 g/mol. The molecule has 1 aliphatic heterocycles. The zero-order chi connectivity index (χ0) is 7.84. The van der Waals surface area contributed by atoms with E-state index in [1.165, 1.54) is 0 Å². The normalized spacial score (nSPS) is 21.3. The van der Waals surface area contributed by atoms with E-state index in [9.17, 15) is 0 Å². The Hall–Kier alpha value is -0.610. The van der Waals surface area contributed by atoms with Gasteiger partial charge in [-0.25, -0.2) is 9.67 Å². The molecule has 0 amide bonds. The highest BCUT2D eigenvalue weighted by Gasteiger charge is 2.17. The Bertz CT molecular complexity index is 270. The van der Waals surface area contributed by atoms with E-state index in [-0.39, 0.29) is 18.4 Å². The number of halogens is 1. The average molecular weight is 189 g/mol.